The lowest BCUT2D eigenvalue weighted by molar-refractivity contribution is -0.138. The van der Waals surface area contributed by atoms with E-state index >= 15 is 0 Å². The zero-order valence-electron chi connectivity index (χ0n) is 20.5. The third-order valence-corrected chi connectivity index (χ3v) is 7.14. The Morgan fingerprint density at radius 1 is 0.946 bits per heavy atom. The summed E-state index contributed by atoms with van der Waals surface area (Å²) >= 11 is 0. The van der Waals surface area contributed by atoms with Crippen molar-refractivity contribution in [3.8, 4) is 5.75 Å². The Morgan fingerprint density at radius 3 is 2.43 bits per heavy atom. The first kappa shape index (κ1) is 24.4. The largest absolute Gasteiger partial charge is 0.497 e. The molecule has 1 amide bonds. The SMILES string of the molecule is COc1cccc([C@@H]2[C@H]3C(=O)C[C@H](c4ccccc4)CC3=Nc3ccccc3N2C(=O)CCC(=O)O)c1. The minimum absolute atomic E-state index is 0.00363. The molecule has 3 atom stereocenters. The van der Waals surface area contributed by atoms with Crippen LogP contribution in [0.25, 0.3) is 0 Å². The summed E-state index contributed by atoms with van der Waals surface area (Å²) < 4.78 is 5.46. The predicted molar refractivity (Wildman–Crippen MR) is 141 cm³/mol. The molecule has 3 aromatic carbocycles. The number of Topliss-reactive ketones (excluding diaryl/α,β-unsaturated/α-hetero) is 1. The van der Waals surface area contributed by atoms with Crippen LogP contribution in [0.2, 0.25) is 0 Å². The lowest BCUT2D eigenvalue weighted by Crippen LogP contribution is -2.45. The van der Waals surface area contributed by atoms with E-state index in [0.717, 1.165) is 16.8 Å². The standard InChI is InChI=1S/C30H28N2O5/c1-37-22-11-7-10-20(16-22)30-29-24(17-21(18-26(29)33)19-8-3-2-4-9-19)31-23-12-5-6-13-25(23)32(30)27(34)14-15-28(35)36/h2-13,16,21,29-30H,14-15,17-18H2,1H3,(H,35,36)/t21-,29-,30-/m1/s1. The first-order chi connectivity index (χ1) is 18.0. The van der Waals surface area contributed by atoms with E-state index in [-0.39, 0.29) is 30.4 Å². The van der Waals surface area contributed by atoms with Crippen molar-refractivity contribution in [2.24, 2.45) is 10.9 Å². The third kappa shape index (κ3) is 4.89. The highest BCUT2D eigenvalue weighted by Gasteiger charge is 2.46. The highest BCUT2D eigenvalue weighted by atomic mass is 16.5. The second kappa shape index (κ2) is 10.4. The Kier molecular flexibility index (Phi) is 6.86. The Labute approximate surface area is 215 Å². The summed E-state index contributed by atoms with van der Waals surface area (Å²) in [5.74, 6) is -1.46. The van der Waals surface area contributed by atoms with Gasteiger partial charge in [0.25, 0.3) is 0 Å². The van der Waals surface area contributed by atoms with E-state index in [1.165, 1.54) is 0 Å². The van der Waals surface area contributed by atoms with E-state index in [0.29, 0.717) is 30.0 Å². The number of nitrogens with zero attached hydrogens (tertiary/aromatic N) is 2. The van der Waals surface area contributed by atoms with Gasteiger partial charge in [-0.05, 0) is 47.7 Å². The average Bonchev–Trinajstić information content (AvgIpc) is 3.07. The van der Waals surface area contributed by atoms with Gasteiger partial charge in [0.15, 0.2) is 0 Å². The summed E-state index contributed by atoms with van der Waals surface area (Å²) in [6, 6.07) is 24.0. The van der Waals surface area contributed by atoms with Gasteiger partial charge in [-0.3, -0.25) is 19.4 Å². The number of benzene rings is 3. The number of fused-ring (bicyclic) bond motifs is 2. The highest BCUT2D eigenvalue weighted by molar-refractivity contribution is 6.13. The van der Waals surface area contributed by atoms with E-state index in [1.807, 2.05) is 78.9 Å². The number of aliphatic carboxylic acids is 1. The van der Waals surface area contributed by atoms with Crippen LogP contribution in [0.1, 0.15) is 48.8 Å². The van der Waals surface area contributed by atoms with E-state index < -0.39 is 17.9 Å². The minimum atomic E-state index is -1.05. The molecule has 7 nitrogen and oxygen atoms in total. The maximum atomic E-state index is 13.9. The number of para-hydroxylation sites is 2. The van der Waals surface area contributed by atoms with Gasteiger partial charge in [-0.1, -0.05) is 54.6 Å². The Hall–Kier alpha value is -4.26. The molecule has 1 heterocycles. The van der Waals surface area contributed by atoms with Gasteiger partial charge in [0.1, 0.15) is 11.5 Å². The molecular formula is C30H28N2O5. The Balaban J connectivity index is 1.67. The first-order valence-corrected chi connectivity index (χ1v) is 12.4. The molecule has 1 aliphatic heterocycles. The minimum Gasteiger partial charge on any atom is -0.497 e. The summed E-state index contributed by atoms with van der Waals surface area (Å²) in [5, 5.41) is 9.27. The van der Waals surface area contributed by atoms with Crippen LogP contribution in [-0.4, -0.2) is 35.6 Å². The molecule has 188 valence electrons. The van der Waals surface area contributed by atoms with Crippen molar-refractivity contribution in [2.75, 3.05) is 12.0 Å². The number of carbonyl (C=O) groups is 3. The summed E-state index contributed by atoms with van der Waals surface area (Å²) in [5.41, 5.74) is 3.72. The lowest BCUT2D eigenvalue weighted by atomic mass is 9.72. The maximum absolute atomic E-state index is 13.9. The number of hydrogen-bond acceptors (Lipinski definition) is 5. The highest BCUT2D eigenvalue weighted by Crippen LogP contribution is 2.47. The number of anilines is 1. The third-order valence-electron chi connectivity index (χ3n) is 7.14. The average molecular weight is 497 g/mol. The van der Waals surface area contributed by atoms with Crippen LogP contribution in [0, 0.1) is 5.92 Å². The Morgan fingerprint density at radius 2 is 1.68 bits per heavy atom. The maximum Gasteiger partial charge on any atom is 0.303 e. The summed E-state index contributed by atoms with van der Waals surface area (Å²) in [6.45, 7) is 0. The molecular weight excluding hydrogens is 468 g/mol. The molecule has 1 fully saturated rings. The normalized spacial score (nSPS) is 20.8. The van der Waals surface area contributed by atoms with Gasteiger partial charge < -0.3 is 14.7 Å². The molecule has 5 rings (SSSR count). The molecule has 7 heteroatoms. The van der Waals surface area contributed by atoms with Gasteiger partial charge in [-0.15, -0.1) is 0 Å². The van der Waals surface area contributed by atoms with Gasteiger partial charge in [-0.25, -0.2) is 0 Å². The van der Waals surface area contributed by atoms with Crippen molar-refractivity contribution in [2.45, 2.75) is 37.6 Å². The van der Waals surface area contributed by atoms with Gasteiger partial charge in [0.2, 0.25) is 5.91 Å². The number of aliphatic imine (C=N–C) groups is 1. The fourth-order valence-electron chi connectivity index (χ4n) is 5.45. The second-order valence-electron chi connectivity index (χ2n) is 9.43. The van der Waals surface area contributed by atoms with Gasteiger partial charge in [-0.2, -0.15) is 0 Å². The van der Waals surface area contributed by atoms with Crippen molar-refractivity contribution in [1.29, 1.82) is 0 Å². The summed E-state index contributed by atoms with van der Waals surface area (Å²) in [6.07, 6.45) is 0.436. The van der Waals surface area contributed by atoms with E-state index in [4.69, 9.17) is 9.73 Å². The van der Waals surface area contributed by atoms with Crippen LogP contribution in [-0.2, 0) is 14.4 Å². The number of carboxylic acids is 1. The number of hydrogen-bond donors (Lipinski definition) is 1. The number of ether oxygens (including phenoxy) is 1. The number of carbonyl (C=O) groups excluding carboxylic acids is 2. The van der Waals surface area contributed by atoms with Crippen molar-refractivity contribution in [3.05, 3.63) is 90.0 Å². The molecule has 0 saturated heterocycles. The molecule has 1 saturated carbocycles. The van der Waals surface area contributed by atoms with Gasteiger partial charge in [0.05, 0.1) is 36.9 Å². The van der Waals surface area contributed by atoms with E-state index in [1.54, 1.807) is 12.0 Å². The van der Waals surface area contributed by atoms with E-state index in [2.05, 4.69) is 0 Å². The monoisotopic (exact) mass is 496 g/mol. The molecule has 3 aromatic rings. The van der Waals surface area contributed by atoms with Crippen LogP contribution in [0.5, 0.6) is 5.75 Å². The number of carboxylic acid groups (broad SMARTS) is 1. The molecule has 2 aliphatic rings. The Bertz CT molecular complexity index is 1370. The second-order valence-corrected chi connectivity index (χ2v) is 9.43. The van der Waals surface area contributed by atoms with Crippen molar-refractivity contribution >= 4 is 34.7 Å². The molecule has 0 aromatic heterocycles. The summed E-state index contributed by atoms with van der Waals surface area (Å²) in [4.78, 5) is 45.5. The lowest BCUT2D eigenvalue weighted by Gasteiger charge is -2.39. The molecule has 1 N–H and O–H groups in total. The zero-order valence-corrected chi connectivity index (χ0v) is 20.5. The smallest absolute Gasteiger partial charge is 0.303 e. The van der Waals surface area contributed by atoms with Crippen LogP contribution >= 0.6 is 0 Å². The van der Waals surface area contributed by atoms with Crippen LogP contribution in [0.3, 0.4) is 0 Å². The van der Waals surface area contributed by atoms with Crippen LogP contribution in [0.15, 0.2) is 83.9 Å². The van der Waals surface area contributed by atoms with Gasteiger partial charge >= 0.3 is 5.97 Å². The van der Waals surface area contributed by atoms with Crippen LogP contribution < -0.4 is 9.64 Å². The topological polar surface area (TPSA) is 96.3 Å². The molecule has 0 radical (unpaired) electrons. The number of ketones is 1. The molecule has 1 aliphatic carbocycles. The van der Waals surface area contributed by atoms with Crippen molar-refractivity contribution in [3.63, 3.8) is 0 Å². The molecule has 0 unspecified atom stereocenters. The summed E-state index contributed by atoms with van der Waals surface area (Å²) in [7, 11) is 1.57. The van der Waals surface area contributed by atoms with Crippen molar-refractivity contribution in [1.82, 2.24) is 0 Å². The predicted octanol–water partition coefficient (Wildman–Crippen LogP) is 5.48. The van der Waals surface area contributed by atoms with Crippen molar-refractivity contribution < 1.29 is 24.2 Å². The zero-order chi connectivity index (χ0) is 25.9. The number of rotatable bonds is 6. The van der Waals surface area contributed by atoms with Gasteiger partial charge in [0, 0.05) is 18.6 Å². The number of amides is 1. The molecule has 0 bridgehead atoms. The fraction of sp³-hybridized carbons (Fsp3) is 0.267. The molecule has 37 heavy (non-hydrogen) atoms. The van der Waals surface area contributed by atoms with Crippen LogP contribution in [0.4, 0.5) is 11.4 Å². The molecule has 0 spiro atoms. The van der Waals surface area contributed by atoms with E-state index in [9.17, 15) is 19.5 Å². The number of methoxy groups -OCH3 is 1. The fourth-order valence-corrected chi connectivity index (χ4v) is 5.45. The first-order valence-electron chi connectivity index (χ1n) is 12.4. The quantitative estimate of drug-likeness (QED) is 0.487.